The van der Waals surface area contributed by atoms with E-state index in [9.17, 15) is 30.3 Å². The summed E-state index contributed by atoms with van der Waals surface area (Å²) >= 11 is 0. The highest BCUT2D eigenvalue weighted by Crippen LogP contribution is 2.23. The fourth-order valence-corrected chi connectivity index (χ4v) is 8.23. The van der Waals surface area contributed by atoms with Crippen LogP contribution in [-0.4, -0.2) is 87.5 Å². The normalized spacial score (nSPS) is 20.4. The molecule has 6 N–H and O–H groups in total. The fourth-order valence-electron chi connectivity index (χ4n) is 8.23. The first-order valence-corrected chi connectivity index (χ1v) is 27.2. The molecule has 0 aromatic carbocycles. The molecule has 0 aliphatic carbocycles. The molecular formula is C57H101NO8. The molecular weight excluding hydrogens is 827 g/mol. The zero-order valence-corrected chi connectivity index (χ0v) is 42.2. The maximum atomic E-state index is 12.8. The highest BCUT2D eigenvalue weighted by atomic mass is 16.7. The van der Waals surface area contributed by atoms with E-state index in [4.69, 9.17) is 9.47 Å². The van der Waals surface area contributed by atoms with Crippen molar-refractivity contribution in [1.82, 2.24) is 5.32 Å². The van der Waals surface area contributed by atoms with Crippen LogP contribution >= 0.6 is 0 Å². The van der Waals surface area contributed by atoms with Crippen molar-refractivity contribution >= 4 is 5.91 Å². The molecule has 66 heavy (non-hydrogen) atoms. The van der Waals surface area contributed by atoms with E-state index in [1.54, 1.807) is 6.08 Å². The van der Waals surface area contributed by atoms with Crippen LogP contribution in [0.1, 0.15) is 226 Å². The number of amides is 1. The Morgan fingerprint density at radius 2 is 0.939 bits per heavy atom. The molecule has 9 heteroatoms. The van der Waals surface area contributed by atoms with Crippen molar-refractivity contribution in [2.75, 3.05) is 13.2 Å². The van der Waals surface area contributed by atoms with E-state index in [1.165, 1.54) is 135 Å². The van der Waals surface area contributed by atoms with E-state index in [0.29, 0.717) is 6.42 Å². The number of hydrogen-bond acceptors (Lipinski definition) is 8. The Morgan fingerprint density at radius 3 is 1.38 bits per heavy atom. The van der Waals surface area contributed by atoms with E-state index in [1.807, 2.05) is 6.08 Å². The van der Waals surface area contributed by atoms with Gasteiger partial charge in [0.2, 0.25) is 5.91 Å². The number of unbranched alkanes of at least 4 members (excludes halogenated alkanes) is 25. The van der Waals surface area contributed by atoms with Crippen molar-refractivity contribution in [3.63, 3.8) is 0 Å². The van der Waals surface area contributed by atoms with Gasteiger partial charge in [-0.15, -0.1) is 0 Å². The molecule has 1 amide bonds. The van der Waals surface area contributed by atoms with Gasteiger partial charge in [0.05, 0.1) is 25.4 Å². The lowest BCUT2D eigenvalue weighted by molar-refractivity contribution is -0.302. The van der Waals surface area contributed by atoms with Gasteiger partial charge in [-0.05, 0) is 57.8 Å². The van der Waals surface area contributed by atoms with Crippen LogP contribution in [0.15, 0.2) is 72.9 Å². The molecule has 1 rings (SSSR count). The summed E-state index contributed by atoms with van der Waals surface area (Å²) in [6.07, 6.45) is 57.9. The van der Waals surface area contributed by atoms with Crippen molar-refractivity contribution in [3.05, 3.63) is 72.9 Å². The van der Waals surface area contributed by atoms with E-state index in [2.05, 4.69) is 79.9 Å². The van der Waals surface area contributed by atoms with Gasteiger partial charge in [-0.1, -0.05) is 234 Å². The van der Waals surface area contributed by atoms with E-state index in [0.717, 1.165) is 70.6 Å². The van der Waals surface area contributed by atoms with Crippen molar-refractivity contribution in [2.24, 2.45) is 0 Å². The van der Waals surface area contributed by atoms with Crippen molar-refractivity contribution in [2.45, 2.75) is 269 Å². The highest BCUT2D eigenvalue weighted by molar-refractivity contribution is 5.76. The van der Waals surface area contributed by atoms with Crippen LogP contribution in [0.25, 0.3) is 0 Å². The summed E-state index contributed by atoms with van der Waals surface area (Å²) in [6, 6.07) is -0.800. The summed E-state index contributed by atoms with van der Waals surface area (Å²) < 4.78 is 11.1. The third kappa shape index (κ3) is 35.7. The lowest BCUT2D eigenvalue weighted by Crippen LogP contribution is -2.60. The lowest BCUT2D eigenvalue weighted by atomic mass is 9.99. The third-order valence-electron chi connectivity index (χ3n) is 12.5. The predicted octanol–water partition coefficient (Wildman–Crippen LogP) is 12.9. The molecule has 9 nitrogen and oxygen atoms in total. The molecule has 1 aliphatic heterocycles. The van der Waals surface area contributed by atoms with Gasteiger partial charge in [-0.2, -0.15) is 0 Å². The minimum atomic E-state index is -1.56. The number of carbonyl (C=O) groups excluding carboxylic acids is 1. The van der Waals surface area contributed by atoms with Gasteiger partial charge in [0.1, 0.15) is 24.4 Å². The minimum Gasteiger partial charge on any atom is -0.394 e. The Labute approximate surface area is 404 Å². The van der Waals surface area contributed by atoms with Crippen LogP contribution in [0.4, 0.5) is 0 Å². The van der Waals surface area contributed by atoms with Crippen molar-refractivity contribution < 1.29 is 39.8 Å². The maximum absolute atomic E-state index is 12.8. The third-order valence-corrected chi connectivity index (χ3v) is 12.5. The first-order chi connectivity index (χ1) is 32.3. The molecule has 1 aliphatic rings. The van der Waals surface area contributed by atoms with Crippen molar-refractivity contribution in [1.29, 1.82) is 0 Å². The first-order valence-electron chi connectivity index (χ1n) is 27.2. The molecule has 1 heterocycles. The summed E-state index contributed by atoms with van der Waals surface area (Å²) in [4.78, 5) is 12.8. The number of ether oxygens (including phenoxy) is 2. The molecule has 0 radical (unpaired) electrons. The van der Waals surface area contributed by atoms with Crippen LogP contribution < -0.4 is 5.32 Å². The minimum absolute atomic E-state index is 0.185. The maximum Gasteiger partial charge on any atom is 0.220 e. The zero-order chi connectivity index (χ0) is 48.0. The second kappa shape index (κ2) is 46.4. The summed E-state index contributed by atoms with van der Waals surface area (Å²) in [6.45, 7) is 3.50. The van der Waals surface area contributed by atoms with Gasteiger partial charge in [0.15, 0.2) is 6.29 Å². The number of aliphatic hydroxyl groups is 5. The van der Waals surface area contributed by atoms with Gasteiger partial charge in [-0.3, -0.25) is 4.79 Å². The fraction of sp³-hybridized carbons (Fsp3) is 0.772. The van der Waals surface area contributed by atoms with Gasteiger partial charge >= 0.3 is 0 Å². The number of hydrogen-bond donors (Lipinski definition) is 6. The van der Waals surface area contributed by atoms with Crippen LogP contribution in [0.2, 0.25) is 0 Å². The molecule has 0 spiro atoms. The summed E-state index contributed by atoms with van der Waals surface area (Å²) in [7, 11) is 0. The molecule has 0 bridgehead atoms. The van der Waals surface area contributed by atoms with Crippen LogP contribution in [0.3, 0.4) is 0 Å². The van der Waals surface area contributed by atoms with Crippen molar-refractivity contribution in [3.8, 4) is 0 Å². The summed E-state index contributed by atoms with van der Waals surface area (Å²) in [5, 5.41) is 53.7. The molecule has 0 saturated carbocycles. The first kappa shape index (κ1) is 61.6. The Kier molecular flexibility index (Phi) is 43.3. The second-order valence-electron chi connectivity index (χ2n) is 18.6. The topological polar surface area (TPSA) is 149 Å². The quantitative estimate of drug-likeness (QED) is 0.0261. The Balaban J connectivity index is 1.93. The molecule has 7 unspecified atom stereocenters. The average Bonchev–Trinajstić information content (AvgIpc) is 3.32. The van der Waals surface area contributed by atoms with Gasteiger partial charge < -0.3 is 40.3 Å². The Hall–Kier alpha value is -2.37. The van der Waals surface area contributed by atoms with E-state index < -0.39 is 49.5 Å². The van der Waals surface area contributed by atoms with Crippen LogP contribution in [0.5, 0.6) is 0 Å². The van der Waals surface area contributed by atoms with E-state index in [-0.39, 0.29) is 12.5 Å². The number of nitrogens with one attached hydrogen (secondary N) is 1. The average molecular weight is 928 g/mol. The van der Waals surface area contributed by atoms with Crippen LogP contribution in [0, 0.1) is 0 Å². The standard InChI is InChI=1S/C57H101NO8/c1-3-5-7-9-10-11-12-13-14-15-16-17-18-19-20-21-22-23-24-25-26-27-28-29-30-31-32-33-34-35-36-37-38-39-40-41-42-43-45-47-53(61)58-50(51(60)46-44-8-6-4-2)49-65-57-56(64)55(63)54(62)52(48-59)66-57/h5,7,10-11,13-14,16-17,19-20,44,46,50-52,54-57,59-60,62-64H,3-4,6,8-9,12,15,18,21-43,45,47-49H2,1-2H3,(H,58,61)/b7-5-,11-10-,14-13-,17-16-,20-19-,46-44+. The summed E-state index contributed by atoms with van der Waals surface area (Å²) in [5.41, 5.74) is 0. The largest absolute Gasteiger partial charge is 0.394 e. The molecule has 1 saturated heterocycles. The summed E-state index contributed by atoms with van der Waals surface area (Å²) in [5.74, 6) is -0.185. The monoisotopic (exact) mass is 928 g/mol. The SMILES string of the molecule is CC/C=C\C/C=C\C/C=C\C/C=C\C/C=C\CCCCCCCCCCCCCCCCCCCCCCCCCC(=O)NC(COC1OC(CO)C(O)C(O)C1O)C(O)/C=C/CCCC. The van der Waals surface area contributed by atoms with E-state index >= 15 is 0 Å². The molecule has 0 aromatic heterocycles. The highest BCUT2D eigenvalue weighted by Gasteiger charge is 2.44. The number of carbonyl (C=O) groups is 1. The van der Waals surface area contributed by atoms with Crippen LogP contribution in [-0.2, 0) is 14.3 Å². The zero-order valence-electron chi connectivity index (χ0n) is 42.2. The van der Waals surface area contributed by atoms with Gasteiger partial charge in [-0.25, -0.2) is 0 Å². The van der Waals surface area contributed by atoms with Gasteiger partial charge in [0.25, 0.3) is 0 Å². The molecule has 0 aromatic rings. The Bertz CT molecular complexity index is 1260. The number of allylic oxidation sites excluding steroid dienone is 11. The second-order valence-corrected chi connectivity index (χ2v) is 18.6. The lowest BCUT2D eigenvalue weighted by Gasteiger charge is -2.40. The Morgan fingerprint density at radius 1 is 0.530 bits per heavy atom. The predicted molar refractivity (Wildman–Crippen MR) is 276 cm³/mol. The molecule has 382 valence electrons. The molecule has 1 fully saturated rings. The number of rotatable bonds is 45. The number of aliphatic hydroxyl groups excluding tert-OH is 5. The van der Waals surface area contributed by atoms with Gasteiger partial charge in [0, 0.05) is 6.42 Å². The molecule has 7 atom stereocenters. The smallest absolute Gasteiger partial charge is 0.220 e.